The Hall–Kier alpha value is -1.92. The van der Waals surface area contributed by atoms with Crippen LogP contribution in [-0.4, -0.2) is 36.7 Å². The number of hydrogen-bond acceptors (Lipinski definition) is 4. The number of aromatic carboxylic acids is 1. The maximum atomic E-state index is 11.7. The molecule has 6 nitrogen and oxygen atoms in total. The monoisotopic (exact) mass is 280 g/mol. The number of amides is 1. The summed E-state index contributed by atoms with van der Waals surface area (Å²) >= 11 is 0. The highest BCUT2D eigenvalue weighted by atomic mass is 16.5. The molecule has 0 fully saturated rings. The van der Waals surface area contributed by atoms with E-state index < -0.39 is 12.0 Å². The zero-order valence-corrected chi connectivity index (χ0v) is 11.5. The molecular weight excluding hydrogens is 260 g/mol. The summed E-state index contributed by atoms with van der Waals surface area (Å²) in [6.45, 7) is 0.911. The number of carboxylic acids is 1. The molecule has 0 aliphatic carbocycles. The molecule has 0 radical (unpaired) electrons. The first-order valence-electron chi connectivity index (χ1n) is 6.39. The molecule has 0 aliphatic rings. The second kappa shape index (κ2) is 8.29. The highest BCUT2D eigenvalue weighted by Gasteiger charge is 2.12. The summed E-state index contributed by atoms with van der Waals surface area (Å²) in [5.74, 6) is -1.19. The van der Waals surface area contributed by atoms with E-state index in [1.54, 1.807) is 19.2 Å². The van der Waals surface area contributed by atoms with Crippen molar-refractivity contribution in [2.24, 2.45) is 5.73 Å². The van der Waals surface area contributed by atoms with Gasteiger partial charge in [-0.2, -0.15) is 0 Å². The summed E-state index contributed by atoms with van der Waals surface area (Å²) in [7, 11) is 1.60. The van der Waals surface area contributed by atoms with Gasteiger partial charge < -0.3 is 20.9 Å². The number of carbonyl (C=O) groups is 2. The molecule has 110 valence electrons. The zero-order chi connectivity index (χ0) is 15.0. The summed E-state index contributed by atoms with van der Waals surface area (Å²) in [5, 5.41) is 11.5. The van der Waals surface area contributed by atoms with Crippen molar-refractivity contribution in [2.75, 3.05) is 13.7 Å². The van der Waals surface area contributed by atoms with Crippen LogP contribution in [0.2, 0.25) is 0 Å². The van der Waals surface area contributed by atoms with Gasteiger partial charge in [-0.3, -0.25) is 4.79 Å². The van der Waals surface area contributed by atoms with E-state index in [1.165, 1.54) is 12.1 Å². The summed E-state index contributed by atoms with van der Waals surface area (Å²) < 4.78 is 4.90. The second-order valence-corrected chi connectivity index (χ2v) is 4.46. The third-order valence-electron chi connectivity index (χ3n) is 2.87. The normalized spacial score (nSPS) is 11.9. The van der Waals surface area contributed by atoms with Gasteiger partial charge in [0, 0.05) is 20.3 Å². The van der Waals surface area contributed by atoms with Crippen LogP contribution in [0.5, 0.6) is 0 Å². The van der Waals surface area contributed by atoms with Crippen molar-refractivity contribution < 1.29 is 19.4 Å². The lowest BCUT2D eigenvalue weighted by Crippen LogP contribution is -2.40. The van der Waals surface area contributed by atoms with Gasteiger partial charge in [-0.05, 0) is 30.5 Å². The third kappa shape index (κ3) is 5.38. The van der Waals surface area contributed by atoms with E-state index in [-0.39, 0.29) is 11.5 Å². The number of carboxylic acid groups (broad SMARTS) is 1. The van der Waals surface area contributed by atoms with Crippen LogP contribution in [0.3, 0.4) is 0 Å². The molecule has 0 saturated carbocycles. The standard InChI is InChI=1S/C14H20N2O4/c1-20-8-2-3-12(15)13(17)16-9-10-4-6-11(7-5-10)14(18)19/h4-7,12H,2-3,8-9,15H2,1H3,(H,16,17)(H,18,19). The molecule has 0 spiro atoms. The number of nitrogens with two attached hydrogens (primary N) is 1. The zero-order valence-electron chi connectivity index (χ0n) is 11.5. The maximum absolute atomic E-state index is 11.7. The predicted octanol–water partition coefficient (Wildman–Crippen LogP) is 0.755. The number of ether oxygens (including phenoxy) is 1. The summed E-state index contributed by atoms with van der Waals surface area (Å²) in [4.78, 5) is 22.4. The minimum Gasteiger partial charge on any atom is -0.478 e. The lowest BCUT2D eigenvalue weighted by Gasteiger charge is -2.12. The lowest BCUT2D eigenvalue weighted by atomic mass is 10.1. The molecule has 0 aliphatic heterocycles. The van der Waals surface area contributed by atoms with Crippen molar-refractivity contribution in [2.45, 2.75) is 25.4 Å². The highest BCUT2D eigenvalue weighted by molar-refractivity contribution is 5.87. The van der Waals surface area contributed by atoms with E-state index in [0.717, 1.165) is 12.0 Å². The van der Waals surface area contributed by atoms with Crippen molar-refractivity contribution in [3.8, 4) is 0 Å². The Bertz CT molecular complexity index is 445. The minimum atomic E-state index is -0.972. The molecule has 1 atom stereocenters. The molecule has 1 aromatic carbocycles. The Morgan fingerprint density at radius 2 is 2.00 bits per heavy atom. The van der Waals surface area contributed by atoms with E-state index in [4.69, 9.17) is 15.6 Å². The Labute approximate surface area is 117 Å². The Kier molecular flexibility index (Phi) is 6.69. The van der Waals surface area contributed by atoms with Gasteiger partial charge >= 0.3 is 5.97 Å². The van der Waals surface area contributed by atoms with Gasteiger partial charge in [0.25, 0.3) is 0 Å². The molecular formula is C14H20N2O4. The van der Waals surface area contributed by atoms with Crippen LogP contribution >= 0.6 is 0 Å². The van der Waals surface area contributed by atoms with E-state index in [1.807, 2.05) is 0 Å². The van der Waals surface area contributed by atoms with Crippen molar-refractivity contribution in [3.63, 3.8) is 0 Å². The van der Waals surface area contributed by atoms with Gasteiger partial charge in [0.15, 0.2) is 0 Å². The molecule has 20 heavy (non-hydrogen) atoms. The highest BCUT2D eigenvalue weighted by Crippen LogP contribution is 2.04. The predicted molar refractivity (Wildman–Crippen MR) is 74.3 cm³/mol. The SMILES string of the molecule is COCCCC(N)C(=O)NCc1ccc(C(=O)O)cc1. The fourth-order valence-electron chi connectivity index (χ4n) is 1.66. The quantitative estimate of drug-likeness (QED) is 0.610. The number of carbonyl (C=O) groups excluding carboxylic acids is 1. The van der Waals surface area contributed by atoms with Gasteiger partial charge in [0.2, 0.25) is 5.91 Å². The fourth-order valence-corrected chi connectivity index (χ4v) is 1.66. The maximum Gasteiger partial charge on any atom is 0.335 e. The average molecular weight is 280 g/mol. The van der Waals surface area contributed by atoms with E-state index in [9.17, 15) is 9.59 Å². The molecule has 0 heterocycles. The van der Waals surface area contributed by atoms with Crippen LogP contribution in [0.4, 0.5) is 0 Å². The van der Waals surface area contributed by atoms with E-state index in [0.29, 0.717) is 19.6 Å². The molecule has 1 amide bonds. The first-order valence-corrected chi connectivity index (χ1v) is 6.39. The summed E-state index contributed by atoms with van der Waals surface area (Å²) in [6, 6.07) is 5.79. The largest absolute Gasteiger partial charge is 0.478 e. The van der Waals surface area contributed by atoms with Crippen molar-refractivity contribution in [1.82, 2.24) is 5.32 Å². The van der Waals surface area contributed by atoms with Gasteiger partial charge in [-0.25, -0.2) is 4.79 Å². The van der Waals surface area contributed by atoms with Crippen LogP contribution in [0.1, 0.15) is 28.8 Å². The molecule has 0 saturated heterocycles. The molecule has 1 aromatic rings. The first kappa shape index (κ1) is 16.1. The van der Waals surface area contributed by atoms with Gasteiger partial charge in [-0.1, -0.05) is 12.1 Å². The molecule has 0 bridgehead atoms. The smallest absolute Gasteiger partial charge is 0.335 e. The van der Waals surface area contributed by atoms with Crippen molar-refractivity contribution >= 4 is 11.9 Å². The summed E-state index contributed by atoms with van der Waals surface area (Å²) in [5.41, 5.74) is 6.79. The van der Waals surface area contributed by atoms with Crippen LogP contribution in [0, 0.1) is 0 Å². The third-order valence-corrected chi connectivity index (χ3v) is 2.87. The van der Waals surface area contributed by atoms with E-state index in [2.05, 4.69) is 5.32 Å². The minimum absolute atomic E-state index is 0.219. The van der Waals surface area contributed by atoms with Crippen LogP contribution < -0.4 is 11.1 Å². The van der Waals surface area contributed by atoms with Gasteiger partial charge in [0.05, 0.1) is 11.6 Å². The summed E-state index contributed by atoms with van der Waals surface area (Å²) in [6.07, 6.45) is 1.30. The van der Waals surface area contributed by atoms with Gasteiger partial charge in [0.1, 0.15) is 0 Å². The molecule has 4 N–H and O–H groups in total. The number of methoxy groups -OCH3 is 1. The average Bonchev–Trinajstić information content (AvgIpc) is 2.45. The molecule has 6 heteroatoms. The molecule has 1 unspecified atom stereocenters. The van der Waals surface area contributed by atoms with Crippen LogP contribution in [0.15, 0.2) is 24.3 Å². The topological polar surface area (TPSA) is 102 Å². The molecule has 1 rings (SSSR count). The Balaban J connectivity index is 2.38. The molecule has 0 aromatic heterocycles. The fraction of sp³-hybridized carbons (Fsp3) is 0.429. The Morgan fingerprint density at radius 1 is 1.35 bits per heavy atom. The van der Waals surface area contributed by atoms with Crippen molar-refractivity contribution in [1.29, 1.82) is 0 Å². The second-order valence-electron chi connectivity index (χ2n) is 4.46. The lowest BCUT2D eigenvalue weighted by molar-refractivity contribution is -0.122. The number of benzene rings is 1. The van der Waals surface area contributed by atoms with Crippen LogP contribution in [-0.2, 0) is 16.1 Å². The van der Waals surface area contributed by atoms with Gasteiger partial charge in [-0.15, -0.1) is 0 Å². The van der Waals surface area contributed by atoms with Crippen molar-refractivity contribution in [3.05, 3.63) is 35.4 Å². The Morgan fingerprint density at radius 3 is 2.55 bits per heavy atom. The van der Waals surface area contributed by atoms with E-state index >= 15 is 0 Å². The van der Waals surface area contributed by atoms with Crippen LogP contribution in [0.25, 0.3) is 0 Å². The number of rotatable bonds is 8. The number of nitrogens with one attached hydrogen (secondary N) is 1. The first-order chi connectivity index (χ1) is 9.54. The number of hydrogen-bond donors (Lipinski definition) is 3.